The summed E-state index contributed by atoms with van der Waals surface area (Å²) in [5.41, 5.74) is -3.04. The number of hydrogen-bond donors (Lipinski definition) is 2. The number of hydrogen-bond acceptors (Lipinski definition) is 8. The van der Waals surface area contributed by atoms with E-state index in [9.17, 15) is 29.4 Å². The van der Waals surface area contributed by atoms with E-state index >= 15 is 4.39 Å². The fraction of sp³-hybridized carbons (Fsp3) is 0.750. The molecule has 6 saturated carbocycles. The van der Waals surface area contributed by atoms with Crippen molar-refractivity contribution in [2.75, 3.05) is 6.61 Å². The first kappa shape index (κ1) is 40.9. The second-order valence-corrected chi connectivity index (χ2v) is 20.8. The zero-order valence-corrected chi connectivity index (χ0v) is 35.0. The normalized spacial score (nSPS) is 48.3. The molecule has 0 aliphatic heterocycles. The van der Waals surface area contributed by atoms with Crippen LogP contribution in [0.4, 0.5) is 4.39 Å². The summed E-state index contributed by atoms with van der Waals surface area (Å²) in [4.78, 5) is 52.3. The smallest absolute Gasteiger partial charge is 0.306 e. The van der Waals surface area contributed by atoms with Gasteiger partial charge in [0.1, 0.15) is 11.7 Å². The van der Waals surface area contributed by atoms with Gasteiger partial charge in [-0.2, -0.15) is 0 Å². The van der Waals surface area contributed by atoms with Gasteiger partial charge in [-0.05, 0) is 130 Å². The summed E-state index contributed by atoms with van der Waals surface area (Å²) in [7, 11) is 0. The third-order valence-corrected chi connectivity index (χ3v) is 18.0. The summed E-state index contributed by atoms with van der Waals surface area (Å²) >= 11 is 0. The molecule has 8 rings (SSSR count). The molecule has 0 spiro atoms. The Morgan fingerprint density at radius 2 is 1.65 bits per heavy atom. The molecule has 0 saturated heterocycles. The molecule has 9 heteroatoms. The lowest BCUT2D eigenvalue weighted by atomic mass is 9.44. The topological polar surface area (TPSA) is 127 Å². The van der Waals surface area contributed by atoms with Crippen LogP contribution in [0.3, 0.4) is 0 Å². The standard InChI is InChI=1S/C48H65FO8/c1-26-17-18-45(6)31(19-26)11-14-34-36-21-29(4)48(55,46(36,7)24-37(51)47(34,45)49)38(52)25-56-40(53)9-8-10-41(54)57-39-16-15-35-43-27(2)20-30-22-32(50)12-13-33(30)42(43)28(3)23-44(35,39)5/h17-19,22,27-29,33-37,39,42-43,51,55H,1,8-16,20-21,23-25H2,2-7H3/t27-,28+,29+,33?,34?,35?,36?,37+,39+,42?,43?,44+,45+,46+,47+,48+/m1/s1. The molecule has 0 heterocycles. The van der Waals surface area contributed by atoms with Crippen LogP contribution in [0.15, 0.2) is 47.6 Å². The third kappa shape index (κ3) is 5.91. The van der Waals surface area contributed by atoms with Crippen LogP contribution in [-0.2, 0) is 28.7 Å². The molecule has 0 aromatic carbocycles. The molecule has 0 amide bonds. The van der Waals surface area contributed by atoms with Crippen LogP contribution < -0.4 is 0 Å². The Morgan fingerprint density at radius 3 is 2.40 bits per heavy atom. The van der Waals surface area contributed by atoms with Crippen LogP contribution in [0, 0.1) is 69.5 Å². The van der Waals surface area contributed by atoms with Gasteiger partial charge in [-0.1, -0.05) is 70.6 Å². The van der Waals surface area contributed by atoms with E-state index in [0.29, 0.717) is 61.2 Å². The van der Waals surface area contributed by atoms with E-state index < -0.39 is 58.4 Å². The van der Waals surface area contributed by atoms with Crippen molar-refractivity contribution in [1.29, 1.82) is 0 Å². The van der Waals surface area contributed by atoms with Crippen LogP contribution in [0.2, 0.25) is 0 Å². The maximum atomic E-state index is 17.6. The Morgan fingerprint density at radius 1 is 0.912 bits per heavy atom. The number of halogens is 1. The third-order valence-electron chi connectivity index (χ3n) is 18.0. The number of esters is 2. The first-order chi connectivity index (χ1) is 26.8. The number of carbonyl (C=O) groups excluding carboxylic acids is 4. The number of ether oxygens (including phenoxy) is 2. The number of aliphatic hydroxyl groups excluding tert-OH is 1. The molecule has 6 fully saturated rings. The lowest BCUT2D eigenvalue weighted by molar-refractivity contribution is -0.219. The van der Waals surface area contributed by atoms with Crippen LogP contribution in [0.1, 0.15) is 125 Å². The Labute approximate surface area is 338 Å². The number of alkyl halides is 1. The highest BCUT2D eigenvalue weighted by molar-refractivity contribution is 5.92. The number of carbonyl (C=O) groups is 4. The van der Waals surface area contributed by atoms with Crippen molar-refractivity contribution in [3.63, 3.8) is 0 Å². The van der Waals surface area contributed by atoms with Crippen molar-refractivity contribution in [3.05, 3.63) is 47.6 Å². The maximum Gasteiger partial charge on any atom is 0.306 e. The minimum absolute atomic E-state index is 0.0622. The molecule has 0 radical (unpaired) electrons. The first-order valence-corrected chi connectivity index (χ1v) is 22.1. The van der Waals surface area contributed by atoms with Crippen LogP contribution >= 0.6 is 0 Å². The van der Waals surface area contributed by atoms with Crippen molar-refractivity contribution in [2.24, 2.45) is 69.5 Å². The van der Waals surface area contributed by atoms with E-state index in [1.54, 1.807) is 13.8 Å². The predicted molar refractivity (Wildman–Crippen MR) is 213 cm³/mol. The highest BCUT2D eigenvalue weighted by Gasteiger charge is 2.75. The molecular formula is C48H65FO8. The first-order valence-electron chi connectivity index (χ1n) is 22.1. The Kier molecular flexibility index (Phi) is 10.1. The fourth-order valence-corrected chi connectivity index (χ4v) is 15.4. The van der Waals surface area contributed by atoms with Crippen LogP contribution in [0.25, 0.3) is 0 Å². The van der Waals surface area contributed by atoms with Gasteiger partial charge in [0.05, 0.1) is 6.10 Å². The zero-order chi connectivity index (χ0) is 41.0. The zero-order valence-electron chi connectivity index (χ0n) is 35.0. The molecule has 0 aromatic heterocycles. The summed E-state index contributed by atoms with van der Waals surface area (Å²) in [6.07, 6.45) is 13.0. The molecule has 16 atom stereocenters. The number of aliphatic hydroxyl groups is 2. The van der Waals surface area contributed by atoms with Gasteiger partial charge in [0.25, 0.3) is 0 Å². The van der Waals surface area contributed by atoms with E-state index in [1.165, 1.54) is 5.57 Å². The minimum atomic E-state index is -1.97. The lowest BCUT2D eigenvalue weighted by Gasteiger charge is -2.62. The highest BCUT2D eigenvalue weighted by atomic mass is 19.1. The average molecular weight is 789 g/mol. The number of rotatable bonds is 8. The van der Waals surface area contributed by atoms with Gasteiger partial charge in [-0.15, -0.1) is 0 Å². The predicted octanol–water partition coefficient (Wildman–Crippen LogP) is 8.15. The summed E-state index contributed by atoms with van der Waals surface area (Å²) in [6, 6.07) is 0. The van der Waals surface area contributed by atoms with Crippen molar-refractivity contribution in [3.8, 4) is 0 Å². The van der Waals surface area contributed by atoms with Gasteiger partial charge < -0.3 is 19.7 Å². The molecule has 8 nitrogen and oxygen atoms in total. The molecule has 8 aliphatic rings. The second kappa shape index (κ2) is 14.1. The van der Waals surface area contributed by atoms with Crippen molar-refractivity contribution >= 4 is 23.5 Å². The van der Waals surface area contributed by atoms with Crippen LogP contribution in [-0.4, -0.2) is 63.8 Å². The number of fused-ring (bicyclic) bond motifs is 10. The molecule has 0 aromatic rings. The van der Waals surface area contributed by atoms with E-state index in [2.05, 4.69) is 27.4 Å². The van der Waals surface area contributed by atoms with Crippen molar-refractivity contribution in [1.82, 2.24) is 0 Å². The quantitative estimate of drug-likeness (QED) is 0.236. The minimum Gasteiger partial charge on any atom is -0.462 e. The summed E-state index contributed by atoms with van der Waals surface area (Å²) in [5.74, 6) is 0.238. The van der Waals surface area contributed by atoms with Crippen LogP contribution in [0.5, 0.6) is 0 Å². The summed E-state index contributed by atoms with van der Waals surface area (Å²) in [6.45, 7) is 15.8. The van der Waals surface area contributed by atoms with E-state index in [1.807, 2.05) is 31.2 Å². The summed E-state index contributed by atoms with van der Waals surface area (Å²) < 4.78 is 29.2. The van der Waals surface area contributed by atoms with Crippen molar-refractivity contribution < 1.29 is 43.3 Å². The molecule has 2 N–H and O–H groups in total. The number of ketones is 2. The van der Waals surface area contributed by atoms with Gasteiger partial charge in [-0.25, -0.2) is 4.39 Å². The maximum absolute atomic E-state index is 17.6. The molecule has 0 bridgehead atoms. The van der Waals surface area contributed by atoms with Gasteiger partial charge in [0, 0.05) is 41.4 Å². The second-order valence-electron chi connectivity index (χ2n) is 20.8. The number of Topliss-reactive ketones (excluding diaryl/α,β-unsaturated/α-hetero) is 1. The highest BCUT2D eigenvalue weighted by Crippen LogP contribution is 2.71. The Balaban J connectivity index is 0.847. The molecule has 57 heavy (non-hydrogen) atoms. The van der Waals surface area contributed by atoms with Gasteiger partial charge >= 0.3 is 11.9 Å². The molecule has 8 aliphatic carbocycles. The van der Waals surface area contributed by atoms with E-state index in [0.717, 1.165) is 43.3 Å². The monoisotopic (exact) mass is 788 g/mol. The van der Waals surface area contributed by atoms with Gasteiger partial charge in [-0.3, -0.25) is 19.2 Å². The Bertz CT molecular complexity index is 1830. The molecule has 312 valence electrons. The fourth-order valence-electron chi connectivity index (χ4n) is 15.4. The average Bonchev–Trinajstić information content (AvgIpc) is 3.56. The number of allylic oxidation sites excluding steroid dienone is 6. The SMILES string of the molecule is C=C1C=C[C@@]2(C)C(=C1)CCC1C3C[C@H](C)[C@](O)(C(=O)COC(=O)CCCC(=O)O[C@H]4CCC5C6C(C7CCC(=O)C=C7C[C@H]6C)[C@@H](C)C[C@@]54C)[C@@]3(C)C[C@H](O)[C@@]12F. The van der Waals surface area contributed by atoms with E-state index in [4.69, 9.17) is 9.47 Å². The van der Waals surface area contributed by atoms with Gasteiger partial charge in [0.15, 0.2) is 18.1 Å². The molecule has 6 unspecified atom stereocenters. The summed E-state index contributed by atoms with van der Waals surface area (Å²) in [5, 5.41) is 23.9. The Hall–Kier alpha value is -2.91. The van der Waals surface area contributed by atoms with Crippen molar-refractivity contribution in [2.45, 2.75) is 148 Å². The van der Waals surface area contributed by atoms with Gasteiger partial charge in [0.2, 0.25) is 5.78 Å². The molecular weight excluding hydrogens is 724 g/mol. The lowest BCUT2D eigenvalue weighted by Crippen LogP contribution is -2.69. The largest absolute Gasteiger partial charge is 0.462 e. The van der Waals surface area contributed by atoms with E-state index in [-0.39, 0.29) is 54.9 Å².